The van der Waals surface area contributed by atoms with Crippen molar-refractivity contribution in [1.29, 1.82) is 0 Å². The molecule has 0 radical (unpaired) electrons. The lowest BCUT2D eigenvalue weighted by Crippen LogP contribution is -2.35. The molecule has 8 heteroatoms. The second-order valence-corrected chi connectivity index (χ2v) is 7.07. The van der Waals surface area contributed by atoms with Crippen molar-refractivity contribution >= 4 is 26.0 Å². The lowest BCUT2D eigenvalue weighted by molar-refractivity contribution is 0.359. The Kier molecular flexibility index (Phi) is 3.03. The van der Waals surface area contributed by atoms with Gasteiger partial charge in [0.2, 0.25) is 5.09 Å². The lowest BCUT2D eigenvalue weighted by Gasteiger charge is -2.24. The highest BCUT2D eigenvalue weighted by atomic mass is 79.9. The molecule has 0 atom stereocenters. The summed E-state index contributed by atoms with van der Waals surface area (Å²) in [6, 6.07) is 3.03. The summed E-state index contributed by atoms with van der Waals surface area (Å²) in [6.07, 6.45) is 0.612. The molecule has 19 heavy (non-hydrogen) atoms. The van der Waals surface area contributed by atoms with E-state index in [-0.39, 0.29) is 5.09 Å². The number of nitrogens with one attached hydrogen (secondary N) is 1. The first-order valence-electron chi connectivity index (χ1n) is 5.76. The Morgan fingerprint density at radius 1 is 1.47 bits per heavy atom. The Labute approximate surface area is 119 Å². The van der Waals surface area contributed by atoms with Crippen LogP contribution in [0, 0.1) is 6.92 Å². The van der Waals surface area contributed by atoms with Gasteiger partial charge < -0.3 is 4.42 Å². The molecule has 0 saturated heterocycles. The van der Waals surface area contributed by atoms with Crippen LogP contribution in [-0.2, 0) is 23.0 Å². The van der Waals surface area contributed by atoms with E-state index in [9.17, 15) is 8.42 Å². The number of rotatable bonds is 2. The molecule has 0 spiro atoms. The van der Waals surface area contributed by atoms with Crippen LogP contribution in [0.5, 0.6) is 0 Å². The van der Waals surface area contributed by atoms with Gasteiger partial charge >= 0.3 is 0 Å². The molecule has 102 valence electrons. The molecule has 1 aliphatic heterocycles. The number of halogens is 1. The first kappa shape index (κ1) is 12.9. The van der Waals surface area contributed by atoms with Crippen LogP contribution >= 0.6 is 15.9 Å². The van der Waals surface area contributed by atoms with Gasteiger partial charge in [0.05, 0.1) is 5.69 Å². The second-order valence-electron chi connectivity index (χ2n) is 4.42. The summed E-state index contributed by atoms with van der Waals surface area (Å²) in [4.78, 5) is 0. The van der Waals surface area contributed by atoms with E-state index < -0.39 is 10.0 Å². The molecule has 0 aliphatic carbocycles. The van der Waals surface area contributed by atoms with Gasteiger partial charge in [-0.05, 0) is 35.0 Å². The van der Waals surface area contributed by atoms with Gasteiger partial charge in [0, 0.05) is 30.8 Å². The Morgan fingerprint density at radius 2 is 2.26 bits per heavy atom. The van der Waals surface area contributed by atoms with Crippen molar-refractivity contribution in [1.82, 2.24) is 14.5 Å². The van der Waals surface area contributed by atoms with Gasteiger partial charge in [-0.15, -0.1) is 0 Å². The van der Waals surface area contributed by atoms with Crippen molar-refractivity contribution < 1.29 is 12.8 Å². The average molecular weight is 346 g/mol. The van der Waals surface area contributed by atoms with Crippen LogP contribution in [0.4, 0.5) is 0 Å². The average Bonchev–Trinajstić information content (AvgIpc) is 2.97. The molecule has 0 amide bonds. The van der Waals surface area contributed by atoms with Gasteiger partial charge in [-0.1, -0.05) is 0 Å². The quantitative estimate of drug-likeness (QED) is 0.900. The van der Waals surface area contributed by atoms with Crippen molar-refractivity contribution in [3.8, 4) is 0 Å². The van der Waals surface area contributed by atoms with Gasteiger partial charge in [0.25, 0.3) is 10.0 Å². The fourth-order valence-corrected chi connectivity index (χ4v) is 3.91. The molecule has 0 fully saturated rings. The van der Waals surface area contributed by atoms with Gasteiger partial charge in [0.1, 0.15) is 0 Å². The zero-order chi connectivity index (χ0) is 13.6. The predicted molar refractivity (Wildman–Crippen MR) is 71.0 cm³/mol. The van der Waals surface area contributed by atoms with E-state index in [0.717, 1.165) is 17.0 Å². The summed E-state index contributed by atoms with van der Waals surface area (Å²) < 4.78 is 31.8. The third kappa shape index (κ3) is 2.13. The summed E-state index contributed by atoms with van der Waals surface area (Å²) in [5, 5.41) is 7.03. The maximum atomic E-state index is 12.4. The number of hydrogen-bond donors (Lipinski definition) is 1. The molecule has 3 heterocycles. The zero-order valence-corrected chi connectivity index (χ0v) is 12.6. The van der Waals surface area contributed by atoms with E-state index in [4.69, 9.17) is 4.42 Å². The van der Waals surface area contributed by atoms with Gasteiger partial charge in [-0.2, -0.15) is 9.40 Å². The molecule has 0 aromatic carbocycles. The maximum absolute atomic E-state index is 12.4. The van der Waals surface area contributed by atoms with Crippen LogP contribution in [-0.4, -0.2) is 29.5 Å². The number of hydrogen-bond acceptors (Lipinski definition) is 4. The molecule has 1 aliphatic rings. The van der Waals surface area contributed by atoms with Crippen molar-refractivity contribution in [3.63, 3.8) is 0 Å². The monoisotopic (exact) mass is 345 g/mol. The Morgan fingerprint density at radius 3 is 2.95 bits per heavy atom. The minimum Gasteiger partial charge on any atom is -0.437 e. The van der Waals surface area contributed by atoms with Gasteiger partial charge in [-0.3, -0.25) is 5.10 Å². The summed E-state index contributed by atoms with van der Waals surface area (Å²) >= 11 is 3.12. The summed E-state index contributed by atoms with van der Waals surface area (Å²) in [5.41, 5.74) is 2.82. The highest BCUT2D eigenvalue weighted by molar-refractivity contribution is 9.10. The largest absolute Gasteiger partial charge is 0.437 e. The molecule has 0 bridgehead atoms. The van der Waals surface area contributed by atoms with Crippen LogP contribution < -0.4 is 0 Å². The molecule has 2 aromatic heterocycles. The SMILES string of the molecule is Cc1[nH]nc2c1CN(S(=O)(=O)c1ccc(Br)o1)CC2. The smallest absolute Gasteiger partial charge is 0.276 e. The molecule has 0 unspecified atom stereocenters. The van der Waals surface area contributed by atoms with Crippen molar-refractivity contribution in [2.24, 2.45) is 0 Å². The Hall–Kier alpha value is -1.12. The normalized spacial score (nSPS) is 16.5. The predicted octanol–water partition coefficient (Wildman–Crippen LogP) is 1.82. The van der Waals surface area contributed by atoms with E-state index in [1.165, 1.54) is 10.4 Å². The van der Waals surface area contributed by atoms with E-state index in [2.05, 4.69) is 26.1 Å². The van der Waals surface area contributed by atoms with Crippen LogP contribution in [0.25, 0.3) is 0 Å². The van der Waals surface area contributed by atoms with Crippen LogP contribution in [0.15, 0.2) is 26.3 Å². The minimum atomic E-state index is -3.58. The first-order chi connectivity index (χ1) is 8.98. The van der Waals surface area contributed by atoms with E-state index in [1.807, 2.05) is 6.92 Å². The van der Waals surface area contributed by atoms with Crippen molar-refractivity contribution in [2.45, 2.75) is 25.0 Å². The number of furan rings is 1. The molecule has 2 aromatic rings. The molecular formula is C11H12BrN3O3S. The standard InChI is InChI=1S/C11H12BrN3O3S/c1-7-8-6-15(5-4-9(8)14-13-7)19(16,17)11-3-2-10(12)18-11/h2-3H,4-6H2,1H3,(H,13,14). The first-order valence-corrected chi connectivity index (χ1v) is 8.00. The Balaban J connectivity index is 1.94. The number of aromatic nitrogens is 2. The molecule has 6 nitrogen and oxygen atoms in total. The minimum absolute atomic E-state index is 0.0380. The number of H-pyrrole nitrogens is 1. The van der Waals surface area contributed by atoms with E-state index in [1.54, 1.807) is 6.07 Å². The number of nitrogens with zero attached hydrogens (tertiary/aromatic N) is 2. The van der Waals surface area contributed by atoms with Crippen LogP contribution in [0.2, 0.25) is 0 Å². The number of aromatic amines is 1. The fourth-order valence-electron chi connectivity index (χ4n) is 2.17. The second kappa shape index (κ2) is 4.46. The van der Waals surface area contributed by atoms with Crippen LogP contribution in [0.3, 0.4) is 0 Å². The third-order valence-corrected chi connectivity index (χ3v) is 5.38. The van der Waals surface area contributed by atoms with Gasteiger partial charge in [0.15, 0.2) is 4.67 Å². The van der Waals surface area contributed by atoms with Crippen molar-refractivity contribution in [2.75, 3.05) is 6.54 Å². The number of fused-ring (bicyclic) bond motifs is 1. The number of sulfonamides is 1. The lowest BCUT2D eigenvalue weighted by atomic mass is 10.1. The molecule has 0 saturated carbocycles. The molecule has 3 rings (SSSR count). The van der Waals surface area contributed by atoms with E-state index >= 15 is 0 Å². The van der Waals surface area contributed by atoms with Gasteiger partial charge in [-0.25, -0.2) is 8.42 Å². The topological polar surface area (TPSA) is 79.2 Å². The molecular weight excluding hydrogens is 334 g/mol. The summed E-state index contributed by atoms with van der Waals surface area (Å²) in [7, 11) is -3.58. The van der Waals surface area contributed by atoms with E-state index in [0.29, 0.717) is 24.2 Å². The molecule has 1 N–H and O–H groups in total. The Bertz CT molecular complexity index is 719. The highest BCUT2D eigenvalue weighted by Gasteiger charge is 2.32. The highest BCUT2D eigenvalue weighted by Crippen LogP contribution is 2.27. The fraction of sp³-hybridized carbons (Fsp3) is 0.364. The number of aryl methyl sites for hydroxylation is 1. The summed E-state index contributed by atoms with van der Waals surface area (Å²) in [6.45, 7) is 2.64. The van der Waals surface area contributed by atoms with Crippen LogP contribution in [0.1, 0.15) is 17.0 Å². The summed E-state index contributed by atoms with van der Waals surface area (Å²) in [5.74, 6) is 0. The zero-order valence-electron chi connectivity index (χ0n) is 10.2. The third-order valence-electron chi connectivity index (χ3n) is 3.23. The van der Waals surface area contributed by atoms with Crippen molar-refractivity contribution in [3.05, 3.63) is 33.8 Å². The maximum Gasteiger partial charge on any atom is 0.276 e.